The van der Waals surface area contributed by atoms with Crippen molar-refractivity contribution in [2.24, 2.45) is 10.9 Å². The maximum absolute atomic E-state index is 13.4. The van der Waals surface area contributed by atoms with Crippen molar-refractivity contribution in [3.05, 3.63) is 69.6 Å². The lowest BCUT2D eigenvalue weighted by Crippen LogP contribution is -2.35. The van der Waals surface area contributed by atoms with E-state index < -0.39 is 23.4 Å². The standard InChI is InChI=1S/C28H36N8O5.C3H3F3O/c1-5-16(4)34-27(39)19-9-18(10-20(29)11-19)22-13-32-26(33-15(2)3)28(40)36(22)14-24(38)31-12-17-6-7-21(23(37)8-17)25(30)35-41;1-2(7)3(4,5)6/h6-11,13,15-16,37,41H,5,12,14,29H2,1-4H3,(H2,30,35)(H,31,38)(H,32,33)(H,34,39);1H3. The topological polar surface area (TPSA) is 227 Å². The van der Waals surface area contributed by atoms with Crippen molar-refractivity contribution in [2.45, 2.75) is 72.4 Å². The summed E-state index contributed by atoms with van der Waals surface area (Å²) >= 11 is 0. The van der Waals surface area contributed by atoms with E-state index in [1.54, 1.807) is 24.3 Å². The van der Waals surface area contributed by atoms with E-state index >= 15 is 0 Å². The van der Waals surface area contributed by atoms with Gasteiger partial charge in [-0.3, -0.25) is 23.7 Å². The van der Waals surface area contributed by atoms with Gasteiger partial charge < -0.3 is 37.7 Å². The number of carbonyl (C=O) groups excluding carboxylic acids is 3. The fraction of sp³-hybridized carbons (Fsp3) is 0.355. The Morgan fingerprint density at radius 3 is 2.29 bits per heavy atom. The van der Waals surface area contributed by atoms with Crippen molar-refractivity contribution in [1.82, 2.24) is 20.2 Å². The maximum Gasteiger partial charge on any atom is 0.449 e. The summed E-state index contributed by atoms with van der Waals surface area (Å²) < 4.78 is 33.7. The number of hydrogen-bond donors (Lipinski definition) is 7. The number of Topliss-reactive ketones (excluding diaryl/α,β-unsaturated/α-hetero) is 1. The van der Waals surface area contributed by atoms with Gasteiger partial charge in [-0.25, -0.2) is 4.98 Å². The van der Waals surface area contributed by atoms with Gasteiger partial charge in [0.05, 0.1) is 17.5 Å². The van der Waals surface area contributed by atoms with E-state index in [2.05, 4.69) is 26.1 Å². The van der Waals surface area contributed by atoms with Crippen LogP contribution in [0.15, 0.2) is 52.5 Å². The number of phenolic OH excluding ortho intramolecular Hbond substituents is 1. The molecule has 0 aliphatic heterocycles. The van der Waals surface area contributed by atoms with Crippen LogP contribution in [0.1, 0.15) is 62.5 Å². The predicted octanol–water partition coefficient (Wildman–Crippen LogP) is 3.10. The van der Waals surface area contributed by atoms with Crippen LogP contribution in [-0.2, 0) is 22.7 Å². The van der Waals surface area contributed by atoms with Gasteiger partial charge in [-0.2, -0.15) is 13.2 Å². The number of nitrogen functional groups attached to an aromatic ring is 1. The molecule has 1 unspecified atom stereocenters. The number of nitrogens with one attached hydrogen (secondary N) is 3. The number of anilines is 2. The van der Waals surface area contributed by atoms with Gasteiger partial charge in [0.15, 0.2) is 11.7 Å². The Morgan fingerprint density at radius 1 is 1.10 bits per heavy atom. The fourth-order valence-corrected chi connectivity index (χ4v) is 3.95. The first-order chi connectivity index (χ1) is 22.4. The van der Waals surface area contributed by atoms with Crippen LogP contribution in [0, 0.1) is 0 Å². The van der Waals surface area contributed by atoms with Crippen LogP contribution in [0.5, 0.6) is 5.75 Å². The van der Waals surface area contributed by atoms with Crippen LogP contribution < -0.4 is 33.0 Å². The summed E-state index contributed by atoms with van der Waals surface area (Å²) in [7, 11) is 0. The maximum atomic E-state index is 13.4. The van der Waals surface area contributed by atoms with Gasteiger partial charge in [0.25, 0.3) is 11.5 Å². The Labute approximate surface area is 274 Å². The molecule has 14 nitrogen and oxygen atoms in total. The highest BCUT2D eigenvalue weighted by atomic mass is 19.4. The number of aromatic nitrogens is 2. The lowest BCUT2D eigenvalue weighted by molar-refractivity contribution is -0.168. The van der Waals surface area contributed by atoms with Crippen molar-refractivity contribution in [3.8, 4) is 17.0 Å². The second-order valence-corrected chi connectivity index (χ2v) is 11.0. The molecule has 9 N–H and O–H groups in total. The minimum atomic E-state index is -4.64. The van der Waals surface area contributed by atoms with E-state index in [0.717, 1.165) is 6.42 Å². The first-order valence-corrected chi connectivity index (χ1v) is 14.6. The van der Waals surface area contributed by atoms with Gasteiger partial charge in [-0.05, 0) is 63.1 Å². The van der Waals surface area contributed by atoms with Gasteiger partial charge in [0.1, 0.15) is 12.3 Å². The minimum Gasteiger partial charge on any atom is -0.507 e. The number of nitrogens with two attached hydrogens (primary N) is 2. The van der Waals surface area contributed by atoms with Crippen LogP contribution in [0.25, 0.3) is 11.3 Å². The second kappa shape index (κ2) is 16.8. The van der Waals surface area contributed by atoms with Crippen molar-refractivity contribution in [1.29, 1.82) is 0 Å². The third-order valence-corrected chi connectivity index (χ3v) is 6.62. The van der Waals surface area contributed by atoms with E-state index in [-0.39, 0.29) is 54.0 Å². The van der Waals surface area contributed by atoms with Gasteiger partial charge in [0.2, 0.25) is 11.7 Å². The zero-order valence-corrected chi connectivity index (χ0v) is 27.0. The van der Waals surface area contributed by atoms with Gasteiger partial charge in [-0.1, -0.05) is 18.1 Å². The molecule has 2 aromatic carbocycles. The number of carbonyl (C=O) groups is 3. The summed E-state index contributed by atoms with van der Waals surface area (Å²) in [5.74, 6) is -2.97. The quantitative estimate of drug-likeness (QED) is 0.0516. The summed E-state index contributed by atoms with van der Waals surface area (Å²) in [6.07, 6.45) is -2.44. The predicted molar refractivity (Wildman–Crippen MR) is 174 cm³/mol. The number of oxime groups is 1. The Kier molecular flexibility index (Phi) is 13.5. The number of alkyl halides is 3. The number of amides is 2. The molecule has 0 spiro atoms. The number of rotatable bonds is 11. The molecule has 1 aromatic heterocycles. The molecule has 3 rings (SSSR count). The highest BCUT2D eigenvalue weighted by Crippen LogP contribution is 2.24. The molecule has 0 bridgehead atoms. The molecule has 260 valence electrons. The van der Waals surface area contributed by atoms with Crippen LogP contribution in [-0.4, -0.2) is 61.6 Å². The molecule has 0 radical (unpaired) electrons. The first kappa shape index (κ1) is 38.6. The van der Waals surface area contributed by atoms with Gasteiger partial charge in [-0.15, -0.1) is 0 Å². The molecule has 0 aliphatic carbocycles. The number of amidine groups is 1. The molecular weight excluding hydrogens is 637 g/mol. The third-order valence-electron chi connectivity index (χ3n) is 6.62. The normalized spacial score (nSPS) is 12.1. The largest absolute Gasteiger partial charge is 0.507 e. The molecule has 1 heterocycles. The fourth-order valence-electron chi connectivity index (χ4n) is 3.95. The molecule has 3 aromatic rings. The number of halogens is 3. The molecule has 0 saturated heterocycles. The summed E-state index contributed by atoms with van der Waals surface area (Å²) in [6.45, 7) is 7.71. The second-order valence-electron chi connectivity index (χ2n) is 11.0. The average molecular weight is 677 g/mol. The van der Waals surface area contributed by atoms with Crippen LogP contribution in [0.4, 0.5) is 24.7 Å². The van der Waals surface area contributed by atoms with E-state index in [9.17, 15) is 37.5 Å². The van der Waals surface area contributed by atoms with Gasteiger partial charge in [0, 0.05) is 42.4 Å². The summed E-state index contributed by atoms with van der Waals surface area (Å²) in [5.41, 5.74) is 13.2. The number of hydrogen-bond acceptors (Lipinski definition) is 10. The van der Waals surface area contributed by atoms with E-state index in [1.807, 2.05) is 27.7 Å². The van der Waals surface area contributed by atoms with E-state index in [0.29, 0.717) is 35.0 Å². The molecule has 1 atom stereocenters. The Balaban J connectivity index is 0.00000103. The molecule has 17 heteroatoms. The number of phenols is 1. The Hall–Kier alpha value is -5.61. The highest BCUT2D eigenvalue weighted by Gasteiger charge is 2.33. The van der Waals surface area contributed by atoms with Crippen molar-refractivity contribution >= 4 is 34.9 Å². The zero-order valence-electron chi connectivity index (χ0n) is 27.0. The molecule has 0 fully saturated rings. The van der Waals surface area contributed by atoms with Crippen molar-refractivity contribution < 1.29 is 37.9 Å². The summed E-state index contributed by atoms with van der Waals surface area (Å²) in [5, 5.41) is 30.5. The average Bonchev–Trinajstić information content (AvgIpc) is 3.00. The monoisotopic (exact) mass is 676 g/mol. The number of aromatic hydroxyl groups is 1. The smallest absolute Gasteiger partial charge is 0.449 e. The molecular formula is C31H39F3N8O6. The third kappa shape index (κ3) is 11.0. The number of benzene rings is 2. The Morgan fingerprint density at radius 2 is 1.75 bits per heavy atom. The lowest BCUT2D eigenvalue weighted by Gasteiger charge is -2.17. The minimum absolute atomic E-state index is 0.0351. The molecule has 48 heavy (non-hydrogen) atoms. The number of ketones is 1. The summed E-state index contributed by atoms with van der Waals surface area (Å²) in [6, 6.07) is 9.03. The Bertz CT molecular complexity index is 1720. The summed E-state index contributed by atoms with van der Waals surface area (Å²) in [4.78, 5) is 52.9. The molecule has 0 saturated carbocycles. The number of nitrogens with zero attached hydrogens (tertiary/aromatic N) is 3. The molecule has 0 aliphatic rings. The lowest BCUT2D eigenvalue weighted by atomic mass is 10.1. The van der Waals surface area contributed by atoms with E-state index in [4.69, 9.17) is 16.7 Å². The van der Waals surface area contributed by atoms with Crippen LogP contribution >= 0.6 is 0 Å². The van der Waals surface area contributed by atoms with Gasteiger partial charge >= 0.3 is 6.18 Å². The first-order valence-electron chi connectivity index (χ1n) is 14.6. The highest BCUT2D eigenvalue weighted by molar-refractivity contribution is 5.99. The zero-order chi connectivity index (χ0) is 36.3. The van der Waals surface area contributed by atoms with Crippen LogP contribution in [0.2, 0.25) is 0 Å². The van der Waals surface area contributed by atoms with E-state index in [1.165, 1.54) is 22.9 Å². The van der Waals surface area contributed by atoms with Crippen molar-refractivity contribution in [3.63, 3.8) is 0 Å². The SMILES string of the molecule is CC(=O)C(F)(F)F.CCC(C)NC(=O)c1cc(N)cc(-c2cnc(NC(C)C)c(=O)n2CC(=O)NCc2ccc(/C(N)=N/O)c(O)c2)c1. The van der Waals surface area contributed by atoms with Crippen molar-refractivity contribution in [2.75, 3.05) is 11.1 Å². The molecule has 2 amide bonds. The van der Waals surface area contributed by atoms with Crippen LogP contribution in [0.3, 0.4) is 0 Å².